The summed E-state index contributed by atoms with van der Waals surface area (Å²) in [4.78, 5) is 41.1. The van der Waals surface area contributed by atoms with Gasteiger partial charge in [-0.25, -0.2) is 9.78 Å². The van der Waals surface area contributed by atoms with E-state index in [1.54, 1.807) is 30.3 Å². The summed E-state index contributed by atoms with van der Waals surface area (Å²) in [6, 6.07) is 14.8. The number of aromatic nitrogens is 1. The molecule has 12 heteroatoms. The van der Waals surface area contributed by atoms with Gasteiger partial charge in [-0.15, -0.1) is 8.78 Å². The molecule has 4 N–H and O–H groups in total. The number of hydrogen-bond acceptors (Lipinski definition) is 6. The molecule has 0 spiro atoms. The molecule has 0 bridgehead atoms. The number of aryl methyl sites for hydroxylation is 1. The lowest BCUT2D eigenvalue weighted by molar-refractivity contribution is -0.286. The molecule has 0 atom stereocenters. The zero-order valence-electron chi connectivity index (χ0n) is 22.1. The first-order chi connectivity index (χ1) is 19.6. The van der Waals surface area contributed by atoms with Gasteiger partial charge in [-0.05, 0) is 74.1 Å². The Labute approximate surface area is 234 Å². The number of rotatable bonds is 10. The van der Waals surface area contributed by atoms with E-state index in [0.29, 0.717) is 67.0 Å². The highest BCUT2D eigenvalue weighted by molar-refractivity contribution is 6.01. The van der Waals surface area contributed by atoms with E-state index in [1.807, 2.05) is 19.1 Å². The molecule has 214 valence electrons. The van der Waals surface area contributed by atoms with Crippen molar-refractivity contribution >= 4 is 23.7 Å². The lowest BCUT2D eigenvalue weighted by atomic mass is 9.94. The van der Waals surface area contributed by atoms with Crippen LogP contribution in [0.2, 0.25) is 0 Å². The minimum Gasteiger partial charge on any atom is -0.465 e. The average Bonchev–Trinajstić information content (AvgIpc) is 3.68. The maximum atomic E-state index is 13.5. The first-order valence-corrected chi connectivity index (χ1v) is 13.1. The van der Waals surface area contributed by atoms with Gasteiger partial charge in [-0.1, -0.05) is 24.3 Å². The Bertz CT molecular complexity index is 1510. The van der Waals surface area contributed by atoms with Crippen LogP contribution in [0.15, 0.2) is 54.6 Å². The number of benzene rings is 2. The standard InChI is InChI=1S/C29H28F2N4O6/c1-17-7-10-23(35-26(37)28(11-12-28)20-8-9-21-22(16-20)41-29(30,31)40-21)34-24(17)18-5-4-6-19(15-18)25(36)32-13-2-3-14-33-27(38)39/h4-10,15-16,33H,2-3,11-14H2,1H3,(H,32,36)(H,38,39)(H,34,35,37). The van der Waals surface area contributed by atoms with Crippen LogP contribution >= 0.6 is 0 Å². The van der Waals surface area contributed by atoms with Gasteiger partial charge in [0, 0.05) is 24.2 Å². The summed E-state index contributed by atoms with van der Waals surface area (Å²) < 4.78 is 35.9. The van der Waals surface area contributed by atoms with Gasteiger partial charge < -0.3 is 30.5 Å². The number of carbonyl (C=O) groups excluding carboxylic acids is 2. The molecule has 5 rings (SSSR count). The third-order valence-corrected chi connectivity index (χ3v) is 7.04. The second-order valence-electron chi connectivity index (χ2n) is 10.0. The van der Waals surface area contributed by atoms with Crippen molar-refractivity contribution in [1.29, 1.82) is 0 Å². The molecule has 1 saturated carbocycles. The zero-order chi connectivity index (χ0) is 29.2. The van der Waals surface area contributed by atoms with Crippen molar-refractivity contribution in [3.8, 4) is 22.8 Å². The summed E-state index contributed by atoms with van der Waals surface area (Å²) in [5.41, 5.74) is 2.22. The van der Waals surface area contributed by atoms with Crippen molar-refractivity contribution in [1.82, 2.24) is 15.6 Å². The van der Waals surface area contributed by atoms with Gasteiger partial charge in [0.05, 0.1) is 11.1 Å². The normalized spacial score (nSPS) is 15.6. The van der Waals surface area contributed by atoms with Crippen LogP contribution in [0.3, 0.4) is 0 Å². The predicted molar refractivity (Wildman–Crippen MR) is 144 cm³/mol. The lowest BCUT2D eigenvalue weighted by Gasteiger charge is -2.17. The van der Waals surface area contributed by atoms with Gasteiger partial charge in [0.1, 0.15) is 5.82 Å². The first-order valence-electron chi connectivity index (χ1n) is 13.1. The summed E-state index contributed by atoms with van der Waals surface area (Å²) in [7, 11) is 0. The molecule has 2 aromatic carbocycles. The highest BCUT2D eigenvalue weighted by Gasteiger charge is 2.53. The maximum absolute atomic E-state index is 13.5. The van der Waals surface area contributed by atoms with Crippen LogP contribution < -0.4 is 25.4 Å². The molecule has 1 fully saturated rings. The number of amides is 3. The van der Waals surface area contributed by atoms with Crippen molar-refractivity contribution in [2.75, 3.05) is 18.4 Å². The van der Waals surface area contributed by atoms with Crippen molar-refractivity contribution in [2.24, 2.45) is 0 Å². The van der Waals surface area contributed by atoms with E-state index in [2.05, 4.69) is 30.4 Å². The number of pyridine rings is 1. The summed E-state index contributed by atoms with van der Waals surface area (Å²) in [5, 5.41) is 16.6. The van der Waals surface area contributed by atoms with Crippen molar-refractivity contribution < 1.29 is 37.7 Å². The summed E-state index contributed by atoms with van der Waals surface area (Å²) in [5.74, 6) is -0.446. The molecule has 0 saturated heterocycles. The Balaban J connectivity index is 1.26. The fourth-order valence-corrected chi connectivity index (χ4v) is 4.70. The average molecular weight is 567 g/mol. The molecule has 1 aliphatic carbocycles. The van der Waals surface area contributed by atoms with Crippen LogP contribution in [0, 0.1) is 6.92 Å². The Hall–Kier alpha value is -4.74. The Morgan fingerprint density at radius 3 is 2.41 bits per heavy atom. The highest BCUT2D eigenvalue weighted by atomic mass is 19.3. The number of nitrogens with zero attached hydrogens (tertiary/aromatic N) is 1. The van der Waals surface area contributed by atoms with Gasteiger partial charge in [0.25, 0.3) is 5.91 Å². The van der Waals surface area contributed by atoms with Gasteiger partial charge in [0.15, 0.2) is 11.5 Å². The van der Waals surface area contributed by atoms with Crippen LogP contribution in [0.5, 0.6) is 11.5 Å². The van der Waals surface area contributed by atoms with Gasteiger partial charge in [-0.2, -0.15) is 0 Å². The highest BCUT2D eigenvalue weighted by Crippen LogP contribution is 2.52. The van der Waals surface area contributed by atoms with E-state index >= 15 is 0 Å². The number of nitrogens with one attached hydrogen (secondary N) is 3. The fraction of sp³-hybridized carbons (Fsp3) is 0.310. The van der Waals surface area contributed by atoms with Gasteiger partial charge in [0.2, 0.25) is 5.91 Å². The number of unbranched alkanes of at least 4 members (excludes halogenated alkanes) is 1. The number of hydrogen-bond donors (Lipinski definition) is 4. The maximum Gasteiger partial charge on any atom is 0.586 e. The van der Waals surface area contributed by atoms with Gasteiger partial charge >= 0.3 is 12.4 Å². The van der Waals surface area contributed by atoms with Crippen LogP contribution in [0.4, 0.5) is 19.4 Å². The van der Waals surface area contributed by atoms with E-state index in [1.165, 1.54) is 12.1 Å². The second kappa shape index (κ2) is 11.0. The summed E-state index contributed by atoms with van der Waals surface area (Å²) >= 11 is 0. The summed E-state index contributed by atoms with van der Waals surface area (Å²) in [6.45, 7) is 2.59. The number of carboxylic acid groups (broad SMARTS) is 1. The van der Waals surface area contributed by atoms with Crippen LogP contribution in [0.25, 0.3) is 11.3 Å². The van der Waals surface area contributed by atoms with Crippen molar-refractivity contribution in [2.45, 2.75) is 44.3 Å². The van der Waals surface area contributed by atoms with Crippen LogP contribution in [-0.2, 0) is 10.2 Å². The van der Waals surface area contributed by atoms with Crippen molar-refractivity contribution in [3.05, 3.63) is 71.3 Å². The molecular weight excluding hydrogens is 538 g/mol. The van der Waals surface area contributed by atoms with E-state index in [-0.39, 0.29) is 23.3 Å². The molecule has 0 unspecified atom stereocenters. The van der Waals surface area contributed by atoms with E-state index in [4.69, 9.17) is 5.11 Å². The smallest absolute Gasteiger partial charge is 0.465 e. The van der Waals surface area contributed by atoms with Gasteiger partial charge in [-0.3, -0.25) is 9.59 Å². The van der Waals surface area contributed by atoms with Crippen molar-refractivity contribution in [3.63, 3.8) is 0 Å². The molecule has 2 heterocycles. The lowest BCUT2D eigenvalue weighted by Crippen LogP contribution is -2.28. The second-order valence-corrected chi connectivity index (χ2v) is 10.0. The van der Waals surface area contributed by atoms with E-state index in [9.17, 15) is 23.2 Å². The summed E-state index contributed by atoms with van der Waals surface area (Å²) in [6.07, 6.45) is -2.51. The Morgan fingerprint density at radius 2 is 1.68 bits per heavy atom. The number of alkyl halides is 2. The Kier molecular flexibility index (Phi) is 7.48. The molecular formula is C29H28F2N4O6. The minimum absolute atomic E-state index is 0.0799. The first kappa shape index (κ1) is 27.8. The number of fused-ring (bicyclic) bond motifs is 1. The fourth-order valence-electron chi connectivity index (χ4n) is 4.70. The van der Waals surface area contributed by atoms with Crippen LogP contribution in [0.1, 0.15) is 47.2 Å². The largest absolute Gasteiger partial charge is 0.586 e. The molecule has 3 amide bonds. The zero-order valence-corrected chi connectivity index (χ0v) is 22.1. The van der Waals surface area contributed by atoms with E-state index < -0.39 is 17.8 Å². The molecule has 0 radical (unpaired) electrons. The number of anilines is 1. The number of ether oxygens (including phenoxy) is 2. The monoisotopic (exact) mass is 566 g/mol. The molecule has 10 nitrogen and oxygen atoms in total. The third-order valence-electron chi connectivity index (χ3n) is 7.04. The molecule has 41 heavy (non-hydrogen) atoms. The predicted octanol–water partition coefficient (Wildman–Crippen LogP) is 4.83. The topological polar surface area (TPSA) is 139 Å². The van der Waals surface area contributed by atoms with E-state index in [0.717, 1.165) is 5.56 Å². The van der Waals surface area contributed by atoms with Crippen LogP contribution in [-0.4, -0.2) is 47.4 Å². The number of carbonyl (C=O) groups is 3. The Morgan fingerprint density at radius 1 is 0.951 bits per heavy atom. The molecule has 1 aromatic heterocycles. The third kappa shape index (κ3) is 6.21. The molecule has 3 aromatic rings. The quantitative estimate of drug-likeness (QED) is 0.258. The number of halogens is 2. The SMILES string of the molecule is Cc1ccc(NC(=O)C2(c3ccc4c(c3)OC(F)(F)O4)CC2)nc1-c1cccc(C(=O)NCCCCNC(=O)O)c1. The molecule has 2 aliphatic rings. The minimum atomic E-state index is -3.73. The molecule has 1 aliphatic heterocycles.